The van der Waals surface area contributed by atoms with Gasteiger partial charge in [0.25, 0.3) is 0 Å². The molecule has 2 aromatic carbocycles. The van der Waals surface area contributed by atoms with Crippen molar-refractivity contribution in [2.75, 3.05) is 5.32 Å². The third-order valence-corrected chi connectivity index (χ3v) is 3.77. The van der Waals surface area contributed by atoms with E-state index in [1.54, 1.807) is 37.3 Å². The number of hydrogen-bond donors (Lipinski definition) is 1. The van der Waals surface area contributed by atoms with E-state index in [1.165, 1.54) is 6.07 Å². The molecule has 21 heavy (non-hydrogen) atoms. The molecular formula is C15H12BrClF3N. The minimum Gasteiger partial charge on any atom is -0.378 e. The molecule has 0 aliphatic heterocycles. The molecule has 1 N–H and O–H groups in total. The molecule has 0 saturated heterocycles. The molecule has 0 aliphatic rings. The summed E-state index contributed by atoms with van der Waals surface area (Å²) < 4.78 is 39.6. The Hall–Kier alpha value is -1.20. The molecule has 1 unspecified atom stereocenters. The summed E-state index contributed by atoms with van der Waals surface area (Å²) in [5.74, 6) is 0. The van der Waals surface area contributed by atoms with E-state index in [-0.39, 0.29) is 11.7 Å². The van der Waals surface area contributed by atoms with Crippen LogP contribution in [0.4, 0.5) is 18.9 Å². The predicted octanol–water partition coefficient (Wildman–Crippen LogP) is 6.29. The number of halogens is 5. The monoisotopic (exact) mass is 377 g/mol. The summed E-state index contributed by atoms with van der Waals surface area (Å²) in [6.07, 6.45) is -4.41. The van der Waals surface area contributed by atoms with E-state index in [9.17, 15) is 13.2 Å². The molecule has 0 amide bonds. The van der Waals surface area contributed by atoms with Crippen LogP contribution in [0.3, 0.4) is 0 Å². The maximum Gasteiger partial charge on any atom is 0.418 e. The van der Waals surface area contributed by atoms with Crippen LogP contribution in [0.15, 0.2) is 46.9 Å². The van der Waals surface area contributed by atoms with Gasteiger partial charge in [-0.25, -0.2) is 0 Å². The second-order valence-corrected chi connectivity index (χ2v) is 5.96. The van der Waals surface area contributed by atoms with Gasteiger partial charge in [0.2, 0.25) is 0 Å². The lowest BCUT2D eigenvalue weighted by Gasteiger charge is -2.20. The first-order valence-electron chi connectivity index (χ1n) is 6.16. The Morgan fingerprint density at radius 2 is 1.71 bits per heavy atom. The van der Waals surface area contributed by atoms with E-state index in [4.69, 9.17) is 11.6 Å². The smallest absolute Gasteiger partial charge is 0.378 e. The largest absolute Gasteiger partial charge is 0.418 e. The van der Waals surface area contributed by atoms with Crippen molar-refractivity contribution in [2.45, 2.75) is 19.1 Å². The highest BCUT2D eigenvalue weighted by atomic mass is 79.9. The SMILES string of the molecule is CC(Nc1ccc(Br)cc1C(F)(F)F)c1ccc(Cl)cc1. The number of hydrogen-bond acceptors (Lipinski definition) is 1. The molecular weight excluding hydrogens is 367 g/mol. The molecule has 0 aromatic heterocycles. The molecule has 2 aromatic rings. The van der Waals surface area contributed by atoms with Crippen molar-refractivity contribution in [3.05, 3.63) is 63.1 Å². The van der Waals surface area contributed by atoms with Gasteiger partial charge in [0, 0.05) is 21.2 Å². The van der Waals surface area contributed by atoms with Gasteiger partial charge in [-0.2, -0.15) is 13.2 Å². The molecule has 2 rings (SSSR count). The fourth-order valence-electron chi connectivity index (χ4n) is 1.94. The van der Waals surface area contributed by atoms with Crippen molar-refractivity contribution in [3.63, 3.8) is 0 Å². The van der Waals surface area contributed by atoms with Crippen LogP contribution in [-0.2, 0) is 6.18 Å². The molecule has 0 spiro atoms. The third-order valence-electron chi connectivity index (χ3n) is 3.03. The van der Waals surface area contributed by atoms with Gasteiger partial charge < -0.3 is 5.32 Å². The molecule has 0 bridgehead atoms. The quantitative estimate of drug-likeness (QED) is 0.661. The Morgan fingerprint density at radius 1 is 1.10 bits per heavy atom. The summed E-state index contributed by atoms with van der Waals surface area (Å²) in [5.41, 5.74) is 0.210. The lowest BCUT2D eigenvalue weighted by Crippen LogP contribution is -2.13. The number of benzene rings is 2. The number of nitrogens with one attached hydrogen (secondary N) is 1. The summed E-state index contributed by atoms with van der Waals surface area (Å²) in [6.45, 7) is 1.80. The lowest BCUT2D eigenvalue weighted by atomic mass is 10.1. The lowest BCUT2D eigenvalue weighted by molar-refractivity contribution is -0.137. The van der Waals surface area contributed by atoms with Crippen LogP contribution in [0.2, 0.25) is 5.02 Å². The molecule has 1 atom stereocenters. The summed E-state index contributed by atoms with van der Waals surface area (Å²) in [5, 5.41) is 3.48. The molecule has 6 heteroatoms. The molecule has 0 fully saturated rings. The van der Waals surface area contributed by atoms with Crippen LogP contribution < -0.4 is 5.32 Å². The zero-order valence-corrected chi connectivity index (χ0v) is 13.4. The fourth-order valence-corrected chi connectivity index (χ4v) is 2.43. The number of rotatable bonds is 3. The van der Waals surface area contributed by atoms with Gasteiger partial charge >= 0.3 is 6.18 Å². The fraction of sp³-hybridized carbons (Fsp3) is 0.200. The minimum atomic E-state index is -4.41. The van der Waals surface area contributed by atoms with Gasteiger partial charge in [0.05, 0.1) is 5.56 Å². The average Bonchev–Trinajstić information content (AvgIpc) is 2.40. The Labute approximate surface area is 134 Å². The van der Waals surface area contributed by atoms with E-state index >= 15 is 0 Å². The van der Waals surface area contributed by atoms with Crippen LogP contribution in [0.1, 0.15) is 24.1 Å². The maximum atomic E-state index is 13.1. The minimum absolute atomic E-state index is 0.0492. The van der Waals surface area contributed by atoms with Gasteiger partial charge in [-0.15, -0.1) is 0 Å². The topological polar surface area (TPSA) is 12.0 Å². The van der Waals surface area contributed by atoms with Crippen molar-refractivity contribution in [3.8, 4) is 0 Å². The van der Waals surface area contributed by atoms with Gasteiger partial charge in [-0.3, -0.25) is 0 Å². The molecule has 0 saturated carbocycles. The Balaban J connectivity index is 2.29. The molecule has 112 valence electrons. The maximum absolute atomic E-state index is 13.1. The second-order valence-electron chi connectivity index (χ2n) is 4.61. The second kappa shape index (κ2) is 6.28. The first-order valence-corrected chi connectivity index (χ1v) is 7.33. The summed E-state index contributed by atoms with van der Waals surface area (Å²) >= 11 is 8.87. The Morgan fingerprint density at radius 3 is 2.29 bits per heavy atom. The highest BCUT2D eigenvalue weighted by molar-refractivity contribution is 9.10. The zero-order chi connectivity index (χ0) is 15.6. The van der Waals surface area contributed by atoms with E-state index in [2.05, 4.69) is 21.2 Å². The van der Waals surface area contributed by atoms with Gasteiger partial charge in [0.15, 0.2) is 0 Å². The van der Waals surface area contributed by atoms with Crippen molar-refractivity contribution in [2.24, 2.45) is 0 Å². The highest BCUT2D eigenvalue weighted by Gasteiger charge is 2.34. The van der Waals surface area contributed by atoms with E-state index in [1.807, 2.05) is 0 Å². The third kappa shape index (κ3) is 4.14. The van der Waals surface area contributed by atoms with Crippen LogP contribution in [0.5, 0.6) is 0 Å². The van der Waals surface area contributed by atoms with Gasteiger partial charge in [0.1, 0.15) is 0 Å². The van der Waals surface area contributed by atoms with Crippen molar-refractivity contribution in [1.29, 1.82) is 0 Å². The van der Waals surface area contributed by atoms with Crippen LogP contribution >= 0.6 is 27.5 Å². The molecule has 0 radical (unpaired) electrons. The van der Waals surface area contributed by atoms with Crippen molar-refractivity contribution in [1.82, 2.24) is 0 Å². The van der Waals surface area contributed by atoms with Gasteiger partial charge in [-0.05, 0) is 42.8 Å². The highest BCUT2D eigenvalue weighted by Crippen LogP contribution is 2.37. The normalized spacial score (nSPS) is 13.0. The summed E-state index contributed by atoms with van der Waals surface area (Å²) in [4.78, 5) is 0. The van der Waals surface area contributed by atoms with E-state index < -0.39 is 11.7 Å². The van der Waals surface area contributed by atoms with Gasteiger partial charge in [-0.1, -0.05) is 39.7 Å². The van der Waals surface area contributed by atoms with E-state index in [0.29, 0.717) is 9.50 Å². The summed E-state index contributed by atoms with van der Waals surface area (Å²) in [6, 6.07) is 10.8. The van der Waals surface area contributed by atoms with Crippen LogP contribution in [-0.4, -0.2) is 0 Å². The predicted molar refractivity (Wildman–Crippen MR) is 82.6 cm³/mol. The Kier molecular flexibility index (Phi) is 4.84. The zero-order valence-electron chi connectivity index (χ0n) is 11.0. The standard InChI is InChI=1S/C15H12BrClF3N/c1-9(10-2-5-12(17)6-3-10)21-14-7-4-11(16)8-13(14)15(18,19)20/h2-9,21H,1H3. The molecule has 0 heterocycles. The molecule has 0 aliphatic carbocycles. The number of alkyl halides is 3. The Bertz CT molecular complexity index is 626. The van der Waals surface area contributed by atoms with Crippen molar-refractivity contribution < 1.29 is 13.2 Å². The van der Waals surface area contributed by atoms with E-state index in [0.717, 1.165) is 11.6 Å². The molecule has 1 nitrogen and oxygen atoms in total. The first kappa shape index (κ1) is 16.2. The number of anilines is 1. The van der Waals surface area contributed by atoms with Crippen LogP contribution in [0.25, 0.3) is 0 Å². The first-order chi connectivity index (χ1) is 9.77. The van der Waals surface area contributed by atoms with Crippen molar-refractivity contribution >= 4 is 33.2 Å². The average molecular weight is 379 g/mol. The van der Waals surface area contributed by atoms with Crippen LogP contribution in [0, 0.1) is 0 Å². The summed E-state index contributed by atoms with van der Waals surface area (Å²) in [7, 11) is 0.